The fourth-order valence-electron chi connectivity index (χ4n) is 3.95. The summed E-state index contributed by atoms with van der Waals surface area (Å²) in [4.78, 5) is 7.92. The third-order valence-corrected chi connectivity index (χ3v) is 5.57. The maximum absolute atomic E-state index is 2.69. The van der Waals surface area contributed by atoms with Crippen LogP contribution in [0, 0.1) is 6.92 Å². The van der Waals surface area contributed by atoms with E-state index in [-0.39, 0.29) is 0 Å². The Hall–Kier alpha value is -1.06. The van der Waals surface area contributed by atoms with Crippen molar-refractivity contribution in [3.8, 4) is 0 Å². The number of hydrogen-bond acceptors (Lipinski definition) is 3. The second kappa shape index (κ2) is 8.16. The molecular weight excluding hydrogens is 282 g/mol. The van der Waals surface area contributed by atoms with Gasteiger partial charge in [0.2, 0.25) is 0 Å². The van der Waals surface area contributed by atoms with Crippen LogP contribution in [0.3, 0.4) is 0 Å². The predicted molar refractivity (Wildman–Crippen MR) is 99.3 cm³/mol. The summed E-state index contributed by atoms with van der Waals surface area (Å²) in [6.07, 6.45) is 5.66. The summed E-state index contributed by atoms with van der Waals surface area (Å²) >= 11 is 0. The van der Waals surface area contributed by atoms with Crippen LogP contribution in [0.5, 0.6) is 0 Å². The number of likely N-dealkylation sites (tertiary alicyclic amines) is 1. The molecule has 2 fully saturated rings. The zero-order chi connectivity index (χ0) is 16.1. The van der Waals surface area contributed by atoms with Crippen LogP contribution in [0.25, 0.3) is 0 Å². The number of anilines is 1. The largest absolute Gasteiger partial charge is 0.369 e. The summed E-state index contributed by atoms with van der Waals surface area (Å²) in [7, 11) is 0. The van der Waals surface area contributed by atoms with Gasteiger partial charge in [-0.15, -0.1) is 0 Å². The number of benzene rings is 1. The van der Waals surface area contributed by atoms with Gasteiger partial charge in [-0.25, -0.2) is 0 Å². The molecule has 3 heteroatoms. The van der Waals surface area contributed by atoms with Gasteiger partial charge in [-0.05, 0) is 51.9 Å². The fourth-order valence-corrected chi connectivity index (χ4v) is 3.95. The fraction of sp³-hybridized carbons (Fsp3) is 0.700. The Morgan fingerprint density at radius 1 is 0.870 bits per heavy atom. The first-order valence-electron chi connectivity index (χ1n) is 9.50. The molecule has 1 atom stereocenters. The van der Waals surface area contributed by atoms with E-state index in [0.29, 0.717) is 6.04 Å². The molecule has 2 heterocycles. The minimum atomic E-state index is 0.650. The maximum atomic E-state index is 2.69. The first kappa shape index (κ1) is 16.8. The topological polar surface area (TPSA) is 9.72 Å². The Kier molecular flexibility index (Phi) is 5.96. The van der Waals surface area contributed by atoms with E-state index in [2.05, 4.69) is 52.8 Å². The molecule has 0 aliphatic carbocycles. The lowest BCUT2D eigenvalue weighted by Crippen LogP contribution is -2.53. The van der Waals surface area contributed by atoms with Gasteiger partial charge in [-0.3, -0.25) is 4.90 Å². The Labute approximate surface area is 142 Å². The van der Waals surface area contributed by atoms with Crippen LogP contribution in [0.1, 0.15) is 38.2 Å². The van der Waals surface area contributed by atoms with E-state index in [1.807, 2.05) is 0 Å². The molecule has 0 radical (unpaired) electrons. The summed E-state index contributed by atoms with van der Waals surface area (Å²) in [6, 6.07) is 9.65. The second-order valence-corrected chi connectivity index (χ2v) is 7.42. The monoisotopic (exact) mass is 315 g/mol. The van der Waals surface area contributed by atoms with Crippen molar-refractivity contribution in [2.24, 2.45) is 0 Å². The van der Waals surface area contributed by atoms with Gasteiger partial charge in [0.05, 0.1) is 0 Å². The molecule has 0 saturated carbocycles. The first-order valence-corrected chi connectivity index (χ1v) is 9.50. The Morgan fingerprint density at radius 3 is 2.22 bits per heavy atom. The lowest BCUT2D eigenvalue weighted by molar-refractivity contribution is 0.157. The van der Waals surface area contributed by atoms with E-state index >= 15 is 0 Å². The van der Waals surface area contributed by atoms with Crippen LogP contribution in [0.4, 0.5) is 5.69 Å². The van der Waals surface area contributed by atoms with Crippen molar-refractivity contribution in [1.29, 1.82) is 0 Å². The van der Waals surface area contributed by atoms with Crippen LogP contribution in [0.2, 0.25) is 0 Å². The number of piperazine rings is 1. The third-order valence-electron chi connectivity index (χ3n) is 5.57. The minimum Gasteiger partial charge on any atom is -0.369 e. The van der Waals surface area contributed by atoms with Gasteiger partial charge in [0.25, 0.3) is 0 Å². The van der Waals surface area contributed by atoms with Crippen molar-refractivity contribution in [2.75, 3.05) is 50.7 Å². The molecule has 0 bridgehead atoms. The van der Waals surface area contributed by atoms with Crippen molar-refractivity contribution < 1.29 is 0 Å². The lowest BCUT2D eigenvalue weighted by atomic mass is 10.1. The molecule has 0 unspecified atom stereocenters. The van der Waals surface area contributed by atoms with Gasteiger partial charge in [-0.2, -0.15) is 0 Å². The zero-order valence-electron chi connectivity index (χ0n) is 15.0. The van der Waals surface area contributed by atoms with Gasteiger partial charge >= 0.3 is 0 Å². The number of nitrogens with zero attached hydrogens (tertiary/aromatic N) is 3. The van der Waals surface area contributed by atoms with Crippen molar-refractivity contribution in [3.05, 3.63) is 29.8 Å². The molecule has 23 heavy (non-hydrogen) atoms. The molecule has 1 aromatic carbocycles. The summed E-state index contributed by atoms with van der Waals surface area (Å²) in [5.74, 6) is 0. The molecule has 0 spiro atoms. The van der Waals surface area contributed by atoms with Crippen LogP contribution in [0.15, 0.2) is 24.3 Å². The van der Waals surface area contributed by atoms with Crippen LogP contribution >= 0.6 is 0 Å². The standard InChI is InChI=1S/C20H33N3/c1-18-7-9-20(10-8-18)23-16-15-22(19(2)17-23)14-13-21-11-5-3-4-6-12-21/h7-10,19H,3-6,11-17H2,1-2H3/t19-/m0/s1. The van der Waals surface area contributed by atoms with E-state index in [1.54, 1.807) is 0 Å². The Balaban J connectivity index is 1.47. The molecule has 0 aromatic heterocycles. The highest BCUT2D eigenvalue weighted by Gasteiger charge is 2.24. The normalized spacial score (nSPS) is 24.6. The molecule has 0 N–H and O–H groups in total. The summed E-state index contributed by atoms with van der Waals surface area (Å²) in [5.41, 5.74) is 2.73. The molecule has 2 aliphatic rings. The third kappa shape index (κ3) is 4.71. The molecule has 0 amide bonds. The van der Waals surface area contributed by atoms with E-state index in [9.17, 15) is 0 Å². The number of hydrogen-bond donors (Lipinski definition) is 0. The number of rotatable bonds is 4. The summed E-state index contributed by atoms with van der Waals surface area (Å²) in [5, 5.41) is 0. The zero-order valence-corrected chi connectivity index (χ0v) is 15.0. The van der Waals surface area contributed by atoms with Crippen molar-refractivity contribution >= 4 is 5.69 Å². The van der Waals surface area contributed by atoms with Gasteiger partial charge in [0, 0.05) is 44.5 Å². The average molecular weight is 316 g/mol. The summed E-state index contributed by atoms with van der Waals surface area (Å²) in [6.45, 7) is 13.2. The highest BCUT2D eigenvalue weighted by atomic mass is 15.3. The Morgan fingerprint density at radius 2 is 1.57 bits per heavy atom. The van der Waals surface area contributed by atoms with Crippen molar-refractivity contribution in [1.82, 2.24) is 9.80 Å². The van der Waals surface area contributed by atoms with Crippen LogP contribution < -0.4 is 4.90 Å². The molecule has 3 nitrogen and oxygen atoms in total. The molecule has 1 aromatic rings. The van der Waals surface area contributed by atoms with Crippen molar-refractivity contribution in [2.45, 2.75) is 45.6 Å². The average Bonchev–Trinajstić information content (AvgIpc) is 2.83. The van der Waals surface area contributed by atoms with E-state index in [1.165, 1.54) is 69.7 Å². The summed E-state index contributed by atoms with van der Waals surface area (Å²) < 4.78 is 0. The molecule has 128 valence electrons. The molecule has 2 saturated heterocycles. The van der Waals surface area contributed by atoms with E-state index < -0.39 is 0 Å². The van der Waals surface area contributed by atoms with Gasteiger partial charge in [0.15, 0.2) is 0 Å². The maximum Gasteiger partial charge on any atom is 0.0367 e. The van der Waals surface area contributed by atoms with Gasteiger partial charge < -0.3 is 9.80 Å². The quantitative estimate of drug-likeness (QED) is 0.843. The van der Waals surface area contributed by atoms with Crippen LogP contribution in [-0.2, 0) is 0 Å². The number of aryl methyl sites for hydroxylation is 1. The Bertz CT molecular complexity index is 462. The van der Waals surface area contributed by atoms with Crippen molar-refractivity contribution in [3.63, 3.8) is 0 Å². The first-order chi connectivity index (χ1) is 11.2. The smallest absolute Gasteiger partial charge is 0.0367 e. The minimum absolute atomic E-state index is 0.650. The second-order valence-electron chi connectivity index (χ2n) is 7.42. The van der Waals surface area contributed by atoms with E-state index in [0.717, 1.165) is 13.1 Å². The van der Waals surface area contributed by atoms with Gasteiger partial charge in [-0.1, -0.05) is 30.5 Å². The molecule has 3 rings (SSSR count). The highest BCUT2D eigenvalue weighted by molar-refractivity contribution is 5.48. The molecular formula is C20H33N3. The molecule has 2 aliphatic heterocycles. The van der Waals surface area contributed by atoms with Gasteiger partial charge in [0.1, 0.15) is 0 Å². The predicted octanol–water partition coefficient (Wildman–Crippen LogP) is 3.38. The van der Waals surface area contributed by atoms with Crippen LogP contribution in [-0.4, -0.2) is 61.7 Å². The lowest BCUT2D eigenvalue weighted by Gasteiger charge is -2.41. The SMILES string of the molecule is Cc1ccc(N2CCN(CCN3CCCCCC3)[C@@H](C)C2)cc1. The highest BCUT2D eigenvalue weighted by Crippen LogP contribution is 2.20. The van der Waals surface area contributed by atoms with E-state index in [4.69, 9.17) is 0 Å².